The molecule has 4 nitrogen and oxygen atoms in total. The zero-order chi connectivity index (χ0) is 12.3. The number of ether oxygens (including phenoxy) is 1. The zero-order valence-electron chi connectivity index (χ0n) is 9.88. The van der Waals surface area contributed by atoms with Crippen molar-refractivity contribution in [2.24, 2.45) is 0 Å². The lowest BCUT2D eigenvalue weighted by Gasteiger charge is -1.99. The largest absolute Gasteiger partial charge is 0.463 e. The van der Waals surface area contributed by atoms with E-state index in [2.05, 4.69) is 4.98 Å². The molecule has 2 heterocycles. The third-order valence-electron chi connectivity index (χ3n) is 2.32. The number of rotatable bonds is 3. The molecule has 0 aliphatic carbocycles. The first-order valence-corrected chi connectivity index (χ1v) is 5.50. The molecule has 0 saturated carbocycles. The molecular weight excluding hydrogens is 216 g/mol. The van der Waals surface area contributed by atoms with Crippen molar-refractivity contribution in [1.82, 2.24) is 9.38 Å². The number of esters is 1. The SMILES string of the molecule is CCOC(=O)C=Cc1cccc2nc(C)cn12. The van der Waals surface area contributed by atoms with E-state index in [9.17, 15) is 4.79 Å². The van der Waals surface area contributed by atoms with E-state index in [1.807, 2.05) is 35.7 Å². The number of carbonyl (C=O) groups is 1. The van der Waals surface area contributed by atoms with Crippen molar-refractivity contribution in [2.45, 2.75) is 13.8 Å². The van der Waals surface area contributed by atoms with E-state index < -0.39 is 0 Å². The minimum atomic E-state index is -0.332. The molecule has 4 heteroatoms. The van der Waals surface area contributed by atoms with Gasteiger partial charge in [0.15, 0.2) is 0 Å². The lowest BCUT2D eigenvalue weighted by Crippen LogP contribution is -1.99. The molecule has 88 valence electrons. The van der Waals surface area contributed by atoms with Crippen LogP contribution in [-0.2, 0) is 9.53 Å². The van der Waals surface area contributed by atoms with Crippen molar-refractivity contribution in [1.29, 1.82) is 0 Å². The average Bonchev–Trinajstić information content (AvgIpc) is 2.67. The van der Waals surface area contributed by atoms with Gasteiger partial charge in [-0.3, -0.25) is 0 Å². The highest BCUT2D eigenvalue weighted by molar-refractivity contribution is 5.86. The van der Waals surface area contributed by atoms with Gasteiger partial charge in [0.05, 0.1) is 12.3 Å². The third kappa shape index (κ3) is 2.53. The maximum atomic E-state index is 11.2. The second-order valence-electron chi connectivity index (χ2n) is 3.65. The van der Waals surface area contributed by atoms with Crippen LogP contribution >= 0.6 is 0 Å². The molecular formula is C13H14N2O2. The second-order valence-corrected chi connectivity index (χ2v) is 3.65. The summed E-state index contributed by atoms with van der Waals surface area (Å²) in [7, 11) is 0. The Labute approximate surface area is 99.5 Å². The molecule has 0 unspecified atom stereocenters. The van der Waals surface area contributed by atoms with Gasteiger partial charge < -0.3 is 9.14 Å². The van der Waals surface area contributed by atoms with Gasteiger partial charge in [0.1, 0.15) is 5.65 Å². The van der Waals surface area contributed by atoms with Crippen LogP contribution in [0.25, 0.3) is 11.7 Å². The Bertz CT molecular complexity index is 570. The summed E-state index contributed by atoms with van der Waals surface area (Å²) in [6, 6.07) is 5.76. The third-order valence-corrected chi connectivity index (χ3v) is 2.32. The molecule has 0 spiro atoms. The minimum absolute atomic E-state index is 0.332. The van der Waals surface area contributed by atoms with E-state index in [0.717, 1.165) is 17.0 Å². The molecule has 0 amide bonds. The van der Waals surface area contributed by atoms with Crippen LogP contribution < -0.4 is 0 Å². The van der Waals surface area contributed by atoms with Gasteiger partial charge in [-0.05, 0) is 32.1 Å². The summed E-state index contributed by atoms with van der Waals surface area (Å²) < 4.78 is 6.77. The fraction of sp³-hybridized carbons (Fsp3) is 0.231. The summed E-state index contributed by atoms with van der Waals surface area (Å²) in [5.74, 6) is -0.332. The fourth-order valence-electron chi connectivity index (χ4n) is 1.63. The molecule has 2 rings (SSSR count). The first kappa shape index (κ1) is 11.4. The number of carbonyl (C=O) groups excluding carboxylic acids is 1. The first-order chi connectivity index (χ1) is 8.20. The van der Waals surface area contributed by atoms with Crippen molar-refractivity contribution >= 4 is 17.7 Å². The van der Waals surface area contributed by atoms with E-state index in [-0.39, 0.29) is 5.97 Å². The maximum absolute atomic E-state index is 11.2. The fourth-order valence-corrected chi connectivity index (χ4v) is 1.63. The lowest BCUT2D eigenvalue weighted by atomic mass is 10.3. The lowest BCUT2D eigenvalue weighted by molar-refractivity contribution is -0.137. The minimum Gasteiger partial charge on any atom is -0.463 e. The molecule has 0 saturated heterocycles. The molecule has 2 aromatic heterocycles. The van der Waals surface area contributed by atoms with Gasteiger partial charge in [0, 0.05) is 18.0 Å². The standard InChI is InChI=1S/C13H14N2O2/c1-3-17-13(16)8-7-11-5-4-6-12-14-10(2)9-15(11)12/h4-9H,3H2,1-2H3. The highest BCUT2D eigenvalue weighted by Gasteiger charge is 2.01. The number of aryl methyl sites for hydroxylation is 1. The smallest absolute Gasteiger partial charge is 0.330 e. The van der Waals surface area contributed by atoms with Crippen LogP contribution in [0, 0.1) is 6.92 Å². The Kier molecular flexibility index (Phi) is 3.23. The van der Waals surface area contributed by atoms with Crippen LogP contribution in [0.5, 0.6) is 0 Å². The first-order valence-electron chi connectivity index (χ1n) is 5.50. The Morgan fingerprint density at radius 3 is 3.12 bits per heavy atom. The van der Waals surface area contributed by atoms with E-state index in [0.29, 0.717) is 6.61 Å². The predicted molar refractivity (Wildman–Crippen MR) is 65.6 cm³/mol. The van der Waals surface area contributed by atoms with Crippen LogP contribution in [0.2, 0.25) is 0 Å². The Morgan fingerprint density at radius 1 is 1.53 bits per heavy atom. The van der Waals surface area contributed by atoms with Gasteiger partial charge in [-0.2, -0.15) is 0 Å². The quantitative estimate of drug-likeness (QED) is 0.600. The zero-order valence-corrected chi connectivity index (χ0v) is 9.88. The van der Waals surface area contributed by atoms with E-state index in [1.54, 1.807) is 13.0 Å². The topological polar surface area (TPSA) is 43.6 Å². The Hall–Kier alpha value is -2.10. The molecule has 2 aromatic rings. The van der Waals surface area contributed by atoms with Gasteiger partial charge >= 0.3 is 5.97 Å². The molecule has 0 N–H and O–H groups in total. The van der Waals surface area contributed by atoms with Gasteiger partial charge in [0.25, 0.3) is 0 Å². The summed E-state index contributed by atoms with van der Waals surface area (Å²) in [4.78, 5) is 15.6. The van der Waals surface area contributed by atoms with Crippen LogP contribution in [-0.4, -0.2) is 22.0 Å². The number of aromatic nitrogens is 2. The number of nitrogens with zero attached hydrogens (tertiary/aromatic N) is 2. The van der Waals surface area contributed by atoms with Crippen molar-refractivity contribution < 1.29 is 9.53 Å². The van der Waals surface area contributed by atoms with Crippen LogP contribution in [0.4, 0.5) is 0 Å². The summed E-state index contributed by atoms with van der Waals surface area (Å²) in [6.45, 7) is 4.11. The maximum Gasteiger partial charge on any atom is 0.330 e. The summed E-state index contributed by atoms with van der Waals surface area (Å²) in [5, 5.41) is 0. The van der Waals surface area contributed by atoms with Crippen molar-refractivity contribution in [2.75, 3.05) is 6.61 Å². The van der Waals surface area contributed by atoms with Crippen LogP contribution in [0.1, 0.15) is 18.3 Å². The van der Waals surface area contributed by atoms with Gasteiger partial charge in [-0.1, -0.05) is 6.07 Å². The number of hydrogen-bond donors (Lipinski definition) is 0. The molecule has 0 bridgehead atoms. The van der Waals surface area contributed by atoms with E-state index >= 15 is 0 Å². The second kappa shape index (κ2) is 4.82. The van der Waals surface area contributed by atoms with Crippen molar-refractivity contribution in [3.05, 3.63) is 41.9 Å². The van der Waals surface area contributed by atoms with E-state index in [1.165, 1.54) is 6.08 Å². The summed E-state index contributed by atoms with van der Waals surface area (Å²) in [5.41, 5.74) is 2.71. The molecule has 0 aromatic carbocycles. The molecule has 0 atom stereocenters. The number of imidazole rings is 1. The molecule has 0 aliphatic heterocycles. The normalized spacial score (nSPS) is 11.2. The summed E-state index contributed by atoms with van der Waals surface area (Å²) >= 11 is 0. The van der Waals surface area contributed by atoms with Crippen molar-refractivity contribution in [3.63, 3.8) is 0 Å². The Morgan fingerprint density at radius 2 is 2.35 bits per heavy atom. The number of hydrogen-bond acceptors (Lipinski definition) is 3. The van der Waals surface area contributed by atoms with Gasteiger partial charge in [-0.25, -0.2) is 9.78 Å². The number of fused-ring (bicyclic) bond motifs is 1. The van der Waals surface area contributed by atoms with E-state index in [4.69, 9.17) is 4.74 Å². The molecule has 0 fully saturated rings. The van der Waals surface area contributed by atoms with Crippen LogP contribution in [0.15, 0.2) is 30.5 Å². The van der Waals surface area contributed by atoms with Gasteiger partial charge in [-0.15, -0.1) is 0 Å². The van der Waals surface area contributed by atoms with Crippen LogP contribution in [0.3, 0.4) is 0 Å². The molecule has 17 heavy (non-hydrogen) atoms. The van der Waals surface area contributed by atoms with Crippen molar-refractivity contribution in [3.8, 4) is 0 Å². The van der Waals surface area contributed by atoms with Gasteiger partial charge in [0.2, 0.25) is 0 Å². The Balaban J connectivity index is 2.32. The number of pyridine rings is 1. The average molecular weight is 230 g/mol. The predicted octanol–water partition coefficient (Wildman–Crippen LogP) is 2.22. The molecule has 0 radical (unpaired) electrons. The monoisotopic (exact) mass is 230 g/mol. The highest BCUT2D eigenvalue weighted by Crippen LogP contribution is 2.10. The summed E-state index contributed by atoms with van der Waals surface area (Å²) in [6.07, 6.45) is 5.08. The molecule has 0 aliphatic rings. The highest BCUT2D eigenvalue weighted by atomic mass is 16.5.